The van der Waals surface area contributed by atoms with Crippen LogP contribution in [0.3, 0.4) is 0 Å². The predicted molar refractivity (Wildman–Crippen MR) is 118 cm³/mol. The zero-order chi connectivity index (χ0) is 28.9. The van der Waals surface area contributed by atoms with Crippen LogP contribution in [0.4, 0.5) is 48.3 Å². The lowest BCUT2D eigenvalue weighted by atomic mass is 9.97. The first kappa shape index (κ1) is 28.2. The third-order valence-electron chi connectivity index (χ3n) is 5.39. The van der Waals surface area contributed by atoms with E-state index < -0.39 is 80.2 Å². The van der Waals surface area contributed by atoms with Crippen LogP contribution in [0.15, 0.2) is 60.7 Å². The number of rotatable bonds is 5. The molecular formula is C26H10ClF11O. The number of alkyl halides is 5. The standard InChI is InChI=1S/C26H10ClF11O/c27-15-5-11(14-3-1-2-4-16(14)28)6-17(29)22(15)12-7-18(30)24(19(31)8-12)26(37,38)39-13-9-20(32)23(21(33)10-13)25(34,35)36/h1-10H. The van der Waals surface area contributed by atoms with Gasteiger partial charge in [0.25, 0.3) is 0 Å². The van der Waals surface area contributed by atoms with Crippen molar-refractivity contribution in [3.05, 3.63) is 112 Å². The summed E-state index contributed by atoms with van der Waals surface area (Å²) in [5.74, 6) is -12.1. The number of benzene rings is 4. The highest BCUT2D eigenvalue weighted by molar-refractivity contribution is 6.33. The molecular weight excluding hydrogens is 573 g/mol. The van der Waals surface area contributed by atoms with E-state index in [9.17, 15) is 48.3 Å². The SMILES string of the molecule is Fc1ccccc1-c1cc(F)c(-c2cc(F)c(C(F)(F)Oc3cc(F)c(C(F)(F)F)c(F)c3)c(F)c2)c(Cl)c1. The summed E-state index contributed by atoms with van der Waals surface area (Å²) in [5.41, 5.74) is -5.85. The monoisotopic (exact) mass is 582 g/mol. The molecule has 0 heterocycles. The van der Waals surface area contributed by atoms with Gasteiger partial charge in [-0.2, -0.15) is 22.0 Å². The summed E-state index contributed by atoms with van der Waals surface area (Å²) in [6.45, 7) is 0. The number of ether oxygens (including phenoxy) is 1. The zero-order valence-electron chi connectivity index (χ0n) is 18.7. The molecule has 0 saturated heterocycles. The molecule has 4 aromatic carbocycles. The van der Waals surface area contributed by atoms with E-state index in [0.29, 0.717) is 0 Å². The van der Waals surface area contributed by atoms with Crippen LogP contribution < -0.4 is 4.74 Å². The summed E-state index contributed by atoms with van der Waals surface area (Å²) in [5, 5.41) is -0.460. The lowest BCUT2D eigenvalue weighted by molar-refractivity contribution is -0.189. The van der Waals surface area contributed by atoms with Crippen molar-refractivity contribution >= 4 is 11.6 Å². The van der Waals surface area contributed by atoms with Gasteiger partial charge in [-0.25, -0.2) is 26.3 Å². The van der Waals surface area contributed by atoms with E-state index in [-0.39, 0.29) is 35.4 Å². The van der Waals surface area contributed by atoms with Gasteiger partial charge >= 0.3 is 12.3 Å². The smallest absolute Gasteiger partial charge is 0.429 e. The first-order valence-electron chi connectivity index (χ1n) is 10.5. The molecule has 0 spiro atoms. The summed E-state index contributed by atoms with van der Waals surface area (Å²) in [7, 11) is 0. The molecule has 0 N–H and O–H groups in total. The van der Waals surface area contributed by atoms with E-state index in [1.54, 1.807) is 0 Å². The summed E-state index contributed by atoms with van der Waals surface area (Å²) in [6.07, 6.45) is -10.5. The van der Waals surface area contributed by atoms with Gasteiger partial charge in [0.15, 0.2) is 0 Å². The van der Waals surface area contributed by atoms with E-state index >= 15 is 0 Å². The van der Waals surface area contributed by atoms with Gasteiger partial charge in [-0.05, 0) is 41.5 Å². The molecule has 204 valence electrons. The highest BCUT2D eigenvalue weighted by Gasteiger charge is 2.43. The van der Waals surface area contributed by atoms with Crippen LogP contribution in [0.25, 0.3) is 22.3 Å². The third-order valence-corrected chi connectivity index (χ3v) is 5.69. The zero-order valence-corrected chi connectivity index (χ0v) is 19.5. The molecule has 1 nitrogen and oxygen atoms in total. The molecule has 0 saturated carbocycles. The molecule has 0 aliphatic rings. The number of hydrogen-bond acceptors (Lipinski definition) is 1. The van der Waals surface area contributed by atoms with Crippen LogP contribution in [0, 0.1) is 34.9 Å². The normalized spacial score (nSPS) is 12.1. The fraction of sp³-hybridized carbons (Fsp3) is 0.0769. The molecule has 0 aliphatic heterocycles. The minimum absolute atomic E-state index is 0.0344. The molecule has 0 amide bonds. The minimum atomic E-state index is -5.51. The third kappa shape index (κ3) is 5.51. The second-order valence-corrected chi connectivity index (χ2v) is 8.40. The van der Waals surface area contributed by atoms with Crippen LogP contribution in [-0.2, 0) is 12.3 Å². The maximum absolute atomic E-state index is 14.9. The average molecular weight is 583 g/mol. The van der Waals surface area contributed by atoms with Crippen LogP contribution in [0.2, 0.25) is 5.02 Å². The highest BCUT2D eigenvalue weighted by Crippen LogP contribution is 2.42. The average Bonchev–Trinajstić information content (AvgIpc) is 2.76. The fourth-order valence-corrected chi connectivity index (χ4v) is 4.09. The van der Waals surface area contributed by atoms with E-state index in [4.69, 9.17) is 11.6 Å². The molecule has 0 radical (unpaired) electrons. The Bertz CT molecular complexity index is 1510. The first-order chi connectivity index (χ1) is 18.1. The first-order valence-corrected chi connectivity index (χ1v) is 10.8. The quantitative estimate of drug-likeness (QED) is 0.213. The predicted octanol–water partition coefficient (Wildman–Crippen LogP) is 9.66. The van der Waals surface area contributed by atoms with Crippen molar-refractivity contribution < 1.29 is 53.0 Å². The van der Waals surface area contributed by atoms with Crippen molar-refractivity contribution in [3.8, 4) is 28.0 Å². The molecule has 4 aromatic rings. The Hall–Kier alpha value is -3.80. The summed E-state index contributed by atoms with van der Waals surface area (Å²) >= 11 is 6.06. The van der Waals surface area contributed by atoms with Crippen molar-refractivity contribution in [2.24, 2.45) is 0 Å². The lowest BCUT2D eigenvalue weighted by Crippen LogP contribution is -2.25. The van der Waals surface area contributed by atoms with Crippen LogP contribution in [-0.4, -0.2) is 0 Å². The van der Waals surface area contributed by atoms with E-state index in [0.717, 1.165) is 18.2 Å². The molecule has 4 rings (SSSR count). The lowest BCUT2D eigenvalue weighted by Gasteiger charge is -2.21. The maximum Gasteiger partial charge on any atom is 0.432 e. The highest BCUT2D eigenvalue weighted by atomic mass is 35.5. The molecule has 13 heteroatoms. The van der Waals surface area contributed by atoms with Gasteiger partial charge in [0.05, 0.1) is 5.02 Å². The van der Waals surface area contributed by atoms with Crippen LogP contribution in [0.1, 0.15) is 11.1 Å². The Morgan fingerprint density at radius 3 is 1.59 bits per heavy atom. The van der Waals surface area contributed by atoms with Gasteiger partial charge < -0.3 is 4.74 Å². The molecule has 0 aliphatic carbocycles. The second kappa shape index (κ2) is 10.1. The Morgan fingerprint density at radius 2 is 1.08 bits per heavy atom. The van der Waals surface area contributed by atoms with Crippen molar-refractivity contribution in [1.82, 2.24) is 0 Å². The van der Waals surface area contributed by atoms with Crippen molar-refractivity contribution in [2.75, 3.05) is 0 Å². The summed E-state index contributed by atoms with van der Waals surface area (Å²) < 4.78 is 157. The molecule has 0 atom stereocenters. The summed E-state index contributed by atoms with van der Waals surface area (Å²) in [4.78, 5) is 0. The summed E-state index contributed by atoms with van der Waals surface area (Å²) in [6, 6.07) is 7.15. The Kier molecular flexibility index (Phi) is 7.28. The molecule has 0 unspecified atom stereocenters. The van der Waals surface area contributed by atoms with Gasteiger partial charge in [-0.3, -0.25) is 0 Å². The molecule has 0 fully saturated rings. The van der Waals surface area contributed by atoms with E-state index in [2.05, 4.69) is 4.74 Å². The van der Waals surface area contributed by atoms with E-state index in [1.807, 2.05) is 0 Å². The van der Waals surface area contributed by atoms with Crippen molar-refractivity contribution in [3.63, 3.8) is 0 Å². The van der Waals surface area contributed by atoms with Gasteiger partial charge in [-0.15, -0.1) is 0 Å². The van der Waals surface area contributed by atoms with E-state index in [1.165, 1.54) is 18.2 Å². The van der Waals surface area contributed by atoms with Crippen molar-refractivity contribution in [1.29, 1.82) is 0 Å². The van der Waals surface area contributed by atoms with Crippen molar-refractivity contribution in [2.45, 2.75) is 12.3 Å². The molecule has 39 heavy (non-hydrogen) atoms. The van der Waals surface area contributed by atoms with Gasteiger partial charge in [0, 0.05) is 23.3 Å². The Balaban J connectivity index is 1.72. The van der Waals surface area contributed by atoms with Gasteiger partial charge in [0.2, 0.25) is 0 Å². The fourth-order valence-electron chi connectivity index (χ4n) is 3.77. The van der Waals surface area contributed by atoms with Crippen LogP contribution in [0.5, 0.6) is 5.75 Å². The topological polar surface area (TPSA) is 9.23 Å². The number of hydrogen-bond donors (Lipinski definition) is 0. The van der Waals surface area contributed by atoms with Gasteiger partial charge in [-0.1, -0.05) is 29.8 Å². The number of halogens is 12. The molecule has 0 bridgehead atoms. The second-order valence-electron chi connectivity index (χ2n) is 7.99. The maximum atomic E-state index is 14.9. The minimum Gasteiger partial charge on any atom is -0.429 e. The van der Waals surface area contributed by atoms with Gasteiger partial charge in [0.1, 0.15) is 51.8 Å². The molecule has 0 aromatic heterocycles. The Morgan fingerprint density at radius 1 is 0.564 bits per heavy atom. The Labute approximate surface area is 217 Å². The van der Waals surface area contributed by atoms with Crippen LogP contribution >= 0.6 is 11.6 Å². The largest absolute Gasteiger partial charge is 0.432 e.